The van der Waals surface area contributed by atoms with Crippen LogP contribution >= 0.6 is 0 Å². The minimum Gasteiger partial charge on any atom is -0.454 e. The number of benzene rings is 1. The SMILES string of the molecule is O=C(CNC(=O)C1CCCCC1)OCC(=O)N1CCCc2ccccc21. The van der Waals surface area contributed by atoms with Gasteiger partial charge in [0.1, 0.15) is 6.54 Å². The molecule has 6 heteroatoms. The van der Waals surface area contributed by atoms with Crippen molar-refractivity contribution in [2.45, 2.75) is 44.9 Å². The van der Waals surface area contributed by atoms with Crippen LogP contribution in [-0.2, 0) is 25.5 Å². The molecule has 0 saturated heterocycles. The van der Waals surface area contributed by atoms with E-state index in [2.05, 4.69) is 5.32 Å². The Bertz CT molecular complexity index is 668. The lowest BCUT2D eigenvalue weighted by Crippen LogP contribution is -2.40. The summed E-state index contributed by atoms with van der Waals surface area (Å²) in [4.78, 5) is 38.0. The molecule has 1 aliphatic heterocycles. The van der Waals surface area contributed by atoms with Crippen molar-refractivity contribution in [3.63, 3.8) is 0 Å². The van der Waals surface area contributed by atoms with Crippen LogP contribution < -0.4 is 10.2 Å². The number of carbonyl (C=O) groups is 3. The smallest absolute Gasteiger partial charge is 0.325 e. The maximum Gasteiger partial charge on any atom is 0.325 e. The van der Waals surface area contributed by atoms with Crippen LogP contribution in [0.3, 0.4) is 0 Å². The predicted molar refractivity (Wildman–Crippen MR) is 97.7 cm³/mol. The summed E-state index contributed by atoms with van der Waals surface area (Å²) in [7, 11) is 0. The van der Waals surface area contributed by atoms with Gasteiger partial charge < -0.3 is 15.0 Å². The number of rotatable bonds is 5. The van der Waals surface area contributed by atoms with Crippen LogP contribution in [0.25, 0.3) is 0 Å². The fourth-order valence-electron chi connectivity index (χ4n) is 3.73. The Labute approximate surface area is 153 Å². The molecule has 0 radical (unpaired) electrons. The molecule has 1 aromatic carbocycles. The van der Waals surface area contributed by atoms with Crippen LogP contribution in [0, 0.1) is 5.92 Å². The van der Waals surface area contributed by atoms with Crippen LogP contribution in [0.5, 0.6) is 0 Å². The van der Waals surface area contributed by atoms with Gasteiger partial charge in [-0.2, -0.15) is 0 Å². The summed E-state index contributed by atoms with van der Waals surface area (Å²) in [6.45, 7) is 0.150. The van der Waals surface area contributed by atoms with E-state index in [1.54, 1.807) is 4.90 Å². The standard InChI is InChI=1S/C20H26N2O4/c23-18(22-12-6-10-15-7-4-5-11-17(15)22)14-26-19(24)13-21-20(25)16-8-2-1-3-9-16/h4-5,7,11,16H,1-3,6,8-10,12-14H2,(H,21,25). The second kappa shape index (κ2) is 8.83. The third kappa shape index (κ3) is 4.62. The van der Waals surface area contributed by atoms with Crippen molar-refractivity contribution in [3.05, 3.63) is 29.8 Å². The molecule has 140 valence electrons. The molecule has 0 bridgehead atoms. The largest absolute Gasteiger partial charge is 0.454 e. The zero-order valence-corrected chi connectivity index (χ0v) is 15.0. The second-order valence-electron chi connectivity index (χ2n) is 6.99. The lowest BCUT2D eigenvalue weighted by molar-refractivity contribution is -0.148. The number of fused-ring (bicyclic) bond motifs is 1. The summed E-state index contributed by atoms with van der Waals surface area (Å²) in [6.07, 6.45) is 6.92. The zero-order valence-electron chi connectivity index (χ0n) is 15.0. The first kappa shape index (κ1) is 18.4. The van der Waals surface area contributed by atoms with Crippen molar-refractivity contribution in [3.8, 4) is 0 Å². The van der Waals surface area contributed by atoms with E-state index in [-0.39, 0.29) is 30.9 Å². The first-order valence-corrected chi connectivity index (χ1v) is 9.47. The molecule has 1 saturated carbocycles. The van der Waals surface area contributed by atoms with Crippen LogP contribution in [0.2, 0.25) is 0 Å². The molecule has 1 heterocycles. The summed E-state index contributed by atoms with van der Waals surface area (Å²) < 4.78 is 5.06. The van der Waals surface area contributed by atoms with Crippen LogP contribution in [0.4, 0.5) is 5.69 Å². The van der Waals surface area contributed by atoms with E-state index >= 15 is 0 Å². The summed E-state index contributed by atoms with van der Waals surface area (Å²) in [6, 6.07) is 7.79. The number of nitrogens with zero attached hydrogens (tertiary/aromatic N) is 1. The number of nitrogens with one attached hydrogen (secondary N) is 1. The molecule has 3 rings (SSSR count). The molecule has 0 aromatic heterocycles. The van der Waals surface area contributed by atoms with Gasteiger partial charge in [-0.3, -0.25) is 14.4 Å². The number of carbonyl (C=O) groups excluding carboxylic acids is 3. The fraction of sp³-hybridized carbons (Fsp3) is 0.550. The molecule has 1 aromatic rings. The molecule has 0 unspecified atom stereocenters. The molecular weight excluding hydrogens is 332 g/mol. The van der Waals surface area contributed by atoms with Gasteiger partial charge in [0.2, 0.25) is 5.91 Å². The van der Waals surface area contributed by atoms with Crippen molar-refractivity contribution in [2.24, 2.45) is 5.92 Å². The second-order valence-corrected chi connectivity index (χ2v) is 6.99. The summed E-state index contributed by atoms with van der Waals surface area (Å²) in [5.41, 5.74) is 2.03. The Morgan fingerprint density at radius 3 is 2.65 bits per heavy atom. The lowest BCUT2D eigenvalue weighted by Gasteiger charge is -2.29. The van der Waals surface area contributed by atoms with Gasteiger partial charge in [-0.15, -0.1) is 0 Å². The van der Waals surface area contributed by atoms with Crippen molar-refractivity contribution in [1.29, 1.82) is 0 Å². The van der Waals surface area contributed by atoms with Gasteiger partial charge in [-0.25, -0.2) is 0 Å². The Hall–Kier alpha value is -2.37. The average Bonchev–Trinajstić information content (AvgIpc) is 2.70. The lowest BCUT2D eigenvalue weighted by atomic mass is 9.89. The molecule has 2 amide bonds. The Balaban J connectivity index is 1.43. The van der Waals surface area contributed by atoms with Crippen molar-refractivity contribution in [2.75, 3.05) is 24.6 Å². The maximum atomic E-state index is 12.4. The number of amides is 2. The highest BCUT2D eigenvalue weighted by Crippen LogP contribution is 2.26. The fourth-order valence-corrected chi connectivity index (χ4v) is 3.73. The molecule has 1 aliphatic carbocycles. The number of aryl methyl sites for hydroxylation is 1. The third-order valence-corrected chi connectivity index (χ3v) is 5.15. The van der Waals surface area contributed by atoms with Crippen LogP contribution in [-0.4, -0.2) is 37.5 Å². The van der Waals surface area contributed by atoms with Gasteiger partial charge in [0.05, 0.1) is 0 Å². The summed E-state index contributed by atoms with van der Waals surface area (Å²) >= 11 is 0. The number of hydrogen-bond donors (Lipinski definition) is 1. The number of anilines is 1. The summed E-state index contributed by atoms with van der Waals surface area (Å²) in [5.74, 6) is -0.891. The first-order valence-electron chi connectivity index (χ1n) is 9.47. The summed E-state index contributed by atoms with van der Waals surface area (Å²) in [5, 5.41) is 2.63. The quantitative estimate of drug-likeness (QED) is 0.819. The number of ether oxygens (including phenoxy) is 1. The van der Waals surface area contributed by atoms with Crippen molar-refractivity contribution in [1.82, 2.24) is 5.32 Å². The molecular formula is C20H26N2O4. The minimum absolute atomic E-state index is 0.00281. The molecule has 2 aliphatic rings. The van der Waals surface area contributed by atoms with Crippen molar-refractivity contribution >= 4 is 23.5 Å². The van der Waals surface area contributed by atoms with E-state index in [0.717, 1.165) is 49.8 Å². The van der Waals surface area contributed by atoms with Gasteiger partial charge in [-0.1, -0.05) is 37.5 Å². The predicted octanol–water partition coefficient (Wildman–Crippen LogP) is 2.21. The normalized spacial score (nSPS) is 17.3. The number of esters is 1. The van der Waals surface area contributed by atoms with E-state index in [1.807, 2.05) is 24.3 Å². The average molecular weight is 358 g/mol. The minimum atomic E-state index is -0.576. The molecule has 6 nitrogen and oxygen atoms in total. The number of para-hydroxylation sites is 1. The molecule has 1 fully saturated rings. The maximum absolute atomic E-state index is 12.4. The molecule has 26 heavy (non-hydrogen) atoms. The molecule has 1 N–H and O–H groups in total. The highest BCUT2D eigenvalue weighted by atomic mass is 16.5. The molecule has 0 spiro atoms. The Morgan fingerprint density at radius 1 is 1.08 bits per heavy atom. The van der Waals surface area contributed by atoms with E-state index in [9.17, 15) is 14.4 Å². The van der Waals surface area contributed by atoms with Gasteiger partial charge in [-0.05, 0) is 37.3 Å². The van der Waals surface area contributed by atoms with Gasteiger partial charge in [0, 0.05) is 18.2 Å². The first-order chi connectivity index (χ1) is 12.6. The highest BCUT2D eigenvalue weighted by Gasteiger charge is 2.24. The van der Waals surface area contributed by atoms with E-state index in [0.29, 0.717) is 6.54 Å². The van der Waals surface area contributed by atoms with Crippen LogP contribution in [0.15, 0.2) is 24.3 Å². The van der Waals surface area contributed by atoms with Crippen LogP contribution in [0.1, 0.15) is 44.1 Å². The van der Waals surface area contributed by atoms with Gasteiger partial charge in [0.15, 0.2) is 6.61 Å². The Morgan fingerprint density at radius 2 is 1.85 bits per heavy atom. The van der Waals surface area contributed by atoms with Crippen molar-refractivity contribution < 1.29 is 19.1 Å². The zero-order chi connectivity index (χ0) is 18.4. The van der Waals surface area contributed by atoms with Gasteiger partial charge in [0.25, 0.3) is 5.91 Å². The van der Waals surface area contributed by atoms with E-state index in [1.165, 1.54) is 6.42 Å². The monoisotopic (exact) mass is 358 g/mol. The topological polar surface area (TPSA) is 75.7 Å². The van der Waals surface area contributed by atoms with E-state index in [4.69, 9.17) is 4.74 Å². The van der Waals surface area contributed by atoms with Gasteiger partial charge >= 0.3 is 5.97 Å². The highest BCUT2D eigenvalue weighted by molar-refractivity contribution is 5.96. The number of hydrogen-bond acceptors (Lipinski definition) is 4. The third-order valence-electron chi connectivity index (χ3n) is 5.15. The Kier molecular flexibility index (Phi) is 6.26. The molecule has 0 atom stereocenters. The van der Waals surface area contributed by atoms with E-state index < -0.39 is 5.97 Å².